The fourth-order valence-electron chi connectivity index (χ4n) is 0.735. The van der Waals surface area contributed by atoms with Crippen LogP contribution in [0.25, 0.3) is 0 Å². The van der Waals surface area contributed by atoms with E-state index in [0.717, 1.165) is 11.3 Å². The Balaban J connectivity index is 3.13. The van der Waals surface area contributed by atoms with E-state index in [0.29, 0.717) is 10.6 Å². The molecule has 5 heteroatoms. The van der Waals surface area contributed by atoms with E-state index >= 15 is 0 Å². The lowest BCUT2D eigenvalue weighted by molar-refractivity contribution is 0.0966. The van der Waals surface area contributed by atoms with E-state index in [1.54, 1.807) is 6.92 Å². The maximum atomic E-state index is 11.0. The summed E-state index contributed by atoms with van der Waals surface area (Å²) in [6.45, 7) is 1.70. The van der Waals surface area contributed by atoms with Gasteiger partial charge < -0.3 is 10.3 Å². The molecule has 0 aliphatic carbocycles. The number of hydrogen-bond donors (Lipinski definition) is 2. The van der Waals surface area contributed by atoms with Gasteiger partial charge in [0.15, 0.2) is 0 Å². The topological polar surface area (TPSA) is 62.0 Å². The molecule has 60 valence electrons. The Morgan fingerprint density at radius 3 is 2.64 bits per heavy atom. The molecule has 0 saturated heterocycles. The Labute approximate surface area is 67.3 Å². The first-order valence-corrected chi connectivity index (χ1v) is 3.88. The van der Waals surface area contributed by atoms with E-state index < -0.39 is 0 Å². The summed E-state index contributed by atoms with van der Waals surface area (Å²) in [7, 11) is 1.53. The molecule has 0 aliphatic heterocycles. The van der Waals surface area contributed by atoms with Gasteiger partial charge >= 0.3 is 4.87 Å². The van der Waals surface area contributed by atoms with E-state index in [1.807, 2.05) is 0 Å². The van der Waals surface area contributed by atoms with Gasteiger partial charge in [-0.1, -0.05) is 11.3 Å². The summed E-state index contributed by atoms with van der Waals surface area (Å²) >= 11 is 0.924. The van der Waals surface area contributed by atoms with Crippen LogP contribution in [-0.4, -0.2) is 17.9 Å². The molecule has 11 heavy (non-hydrogen) atoms. The van der Waals surface area contributed by atoms with Gasteiger partial charge in [-0.2, -0.15) is 0 Å². The second-order valence-electron chi connectivity index (χ2n) is 2.05. The quantitative estimate of drug-likeness (QED) is 0.631. The molecule has 0 saturated carbocycles. The van der Waals surface area contributed by atoms with Crippen molar-refractivity contribution >= 4 is 17.2 Å². The largest absolute Gasteiger partial charge is 0.354 e. The molecular weight excluding hydrogens is 164 g/mol. The van der Waals surface area contributed by atoms with Crippen molar-refractivity contribution in [1.82, 2.24) is 10.3 Å². The summed E-state index contributed by atoms with van der Waals surface area (Å²) in [6, 6.07) is 0. The third-order valence-corrected chi connectivity index (χ3v) is 2.24. The molecule has 1 amide bonds. The standard InChI is InChI=1S/C6H8N2O2S/c1-3-4(5(9)7-2)11-6(10)8-3/h1-2H3,(H,7,9)(H,8,10). The van der Waals surface area contributed by atoms with Gasteiger partial charge in [0.05, 0.1) is 0 Å². The van der Waals surface area contributed by atoms with Crippen LogP contribution in [0.15, 0.2) is 4.79 Å². The van der Waals surface area contributed by atoms with Crippen molar-refractivity contribution in [3.05, 3.63) is 20.2 Å². The molecule has 0 radical (unpaired) electrons. The van der Waals surface area contributed by atoms with Gasteiger partial charge in [-0.15, -0.1) is 0 Å². The van der Waals surface area contributed by atoms with Crippen LogP contribution in [0.1, 0.15) is 15.4 Å². The Kier molecular flexibility index (Phi) is 2.09. The summed E-state index contributed by atoms with van der Waals surface area (Å²) in [4.78, 5) is 24.5. The second kappa shape index (κ2) is 2.87. The minimum Gasteiger partial charge on any atom is -0.354 e. The molecule has 0 spiro atoms. The highest BCUT2D eigenvalue weighted by Crippen LogP contribution is 2.06. The van der Waals surface area contributed by atoms with E-state index in [4.69, 9.17) is 0 Å². The molecule has 4 nitrogen and oxygen atoms in total. The predicted molar refractivity (Wildman–Crippen MR) is 43.1 cm³/mol. The van der Waals surface area contributed by atoms with Crippen molar-refractivity contribution in [3.63, 3.8) is 0 Å². The number of carbonyl (C=O) groups excluding carboxylic acids is 1. The van der Waals surface area contributed by atoms with Crippen LogP contribution >= 0.6 is 11.3 Å². The first-order valence-electron chi connectivity index (χ1n) is 3.07. The number of thiazole rings is 1. The Morgan fingerprint density at radius 2 is 2.27 bits per heavy atom. The van der Waals surface area contributed by atoms with Crippen LogP contribution in [0.3, 0.4) is 0 Å². The third-order valence-electron chi connectivity index (χ3n) is 1.26. The molecule has 0 aliphatic rings. The van der Waals surface area contributed by atoms with Gasteiger partial charge in [-0.25, -0.2) is 0 Å². The number of nitrogens with one attached hydrogen (secondary N) is 2. The average Bonchev–Trinajstić information content (AvgIpc) is 2.28. The minimum absolute atomic E-state index is 0.193. The molecule has 2 N–H and O–H groups in total. The number of aryl methyl sites for hydroxylation is 1. The van der Waals surface area contributed by atoms with Gasteiger partial charge in [0.25, 0.3) is 5.91 Å². The van der Waals surface area contributed by atoms with Crippen LogP contribution in [0.4, 0.5) is 0 Å². The molecule has 0 fully saturated rings. The summed E-state index contributed by atoms with van der Waals surface area (Å²) in [5.41, 5.74) is 0.624. The van der Waals surface area contributed by atoms with Crippen molar-refractivity contribution in [2.75, 3.05) is 7.05 Å². The summed E-state index contributed by atoms with van der Waals surface area (Å²) in [5, 5.41) is 2.45. The van der Waals surface area contributed by atoms with Crippen molar-refractivity contribution in [2.24, 2.45) is 0 Å². The molecule has 0 bridgehead atoms. The number of H-pyrrole nitrogens is 1. The number of hydrogen-bond acceptors (Lipinski definition) is 3. The lowest BCUT2D eigenvalue weighted by Crippen LogP contribution is -2.17. The molecular formula is C6H8N2O2S. The number of aromatic nitrogens is 1. The van der Waals surface area contributed by atoms with Gasteiger partial charge in [-0.05, 0) is 6.92 Å². The monoisotopic (exact) mass is 172 g/mol. The zero-order valence-corrected chi connectivity index (χ0v) is 7.04. The molecule has 1 aromatic rings. The SMILES string of the molecule is CNC(=O)c1sc(=O)[nH]c1C. The first kappa shape index (κ1) is 8.00. The number of rotatable bonds is 1. The van der Waals surface area contributed by atoms with Gasteiger partial charge in [0.1, 0.15) is 4.88 Å². The maximum absolute atomic E-state index is 11.0. The van der Waals surface area contributed by atoms with Crippen molar-refractivity contribution in [2.45, 2.75) is 6.92 Å². The van der Waals surface area contributed by atoms with Crippen molar-refractivity contribution in [3.8, 4) is 0 Å². The minimum atomic E-state index is -0.217. The third kappa shape index (κ3) is 1.48. The lowest BCUT2D eigenvalue weighted by atomic mass is 10.4. The average molecular weight is 172 g/mol. The normalized spacial score (nSPS) is 9.64. The van der Waals surface area contributed by atoms with Crippen LogP contribution in [0.5, 0.6) is 0 Å². The lowest BCUT2D eigenvalue weighted by Gasteiger charge is -1.93. The summed E-state index contributed by atoms with van der Waals surface area (Å²) in [6.07, 6.45) is 0. The first-order chi connectivity index (χ1) is 5.15. The van der Waals surface area contributed by atoms with Gasteiger partial charge in [-0.3, -0.25) is 9.59 Å². The van der Waals surface area contributed by atoms with E-state index in [1.165, 1.54) is 7.05 Å². The van der Waals surface area contributed by atoms with Crippen LogP contribution in [0, 0.1) is 6.92 Å². The summed E-state index contributed by atoms with van der Waals surface area (Å²) in [5.74, 6) is -0.217. The highest BCUT2D eigenvalue weighted by atomic mass is 32.1. The smallest absolute Gasteiger partial charge is 0.305 e. The van der Waals surface area contributed by atoms with Crippen molar-refractivity contribution < 1.29 is 4.79 Å². The maximum Gasteiger partial charge on any atom is 0.305 e. The van der Waals surface area contributed by atoms with E-state index in [-0.39, 0.29) is 10.8 Å². The zero-order chi connectivity index (χ0) is 8.43. The van der Waals surface area contributed by atoms with Gasteiger partial charge in [0, 0.05) is 12.7 Å². The molecule has 0 unspecified atom stereocenters. The number of carbonyl (C=O) groups is 1. The predicted octanol–water partition coefficient (Wildman–Crippen LogP) is 0.104. The Bertz CT molecular complexity index is 326. The fraction of sp³-hybridized carbons (Fsp3) is 0.333. The van der Waals surface area contributed by atoms with E-state index in [9.17, 15) is 9.59 Å². The molecule has 1 heterocycles. The molecule has 1 rings (SSSR count). The van der Waals surface area contributed by atoms with Crippen LogP contribution in [0.2, 0.25) is 0 Å². The van der Waals surface area contributed by atoms with Crippen LogP contribution < -0.4 is 10.2 Å². The highest BCUT2D eigenvalue weighted by Gasteiger charge is 2.10. The molecule has 1 aromatic heterocycles. The number of aromatic amines is 1. The summed E-state index contributed by atoms with van der Waals surface area (Å²) < 4.78 is 0. The van der Waals surface area contributed by atoms with Gasteiger partial charge in [0.2, 0.25) is 0 Å². The van der Waals surface area contributed by atoms with Crippen LogP contribution in [-0.2, 0) is 0 Å². The number of amides is 1. The van der Waals surface area contributed by atoms with E-state index in [2.05, 4.69) is 10.3 Å². The second-order valence-corrected chi connectivity index (χ2v) is 3.03. The highest BCUT2D eigenvalue weighted by molar-refractivity contribution is 7.11. The van der Waals surface area contributed by atoms with Crippen molar-refractivity contribution in [1.29, 1.82) is 0 Å². The molecule has 0 aromatic carbocycles. The Hall–Kier alpha value is -1.10. The Morgan fingerprint density at radius 1 is 1.64 bits per heavy atom. The fourth-order valence-corrected chi connectivity index (χ4v) is 1.52. The zero-order valence-electron chi connectivity index (χ0n) is 6.22. The molecule has 0 atom stereocenters.